The minimum atomic E-state index is -1.11. The number of Topliss-reactive ketones (excluding diaryl/α,β-unsaturated/α-hetero) is 1. The van der Waals surface area contributed by atoms with Gasteiger partial charge in [0.25, 0.3) is 0 Å². The number of para-hydroxylation sites is 1. The summed E-state index contributed by atoms with van der Waals surface area (Å²) in [6.07, 6.45) is 0.173. The Balaban J connectivity index is 1.41. The topological polar surface area (TPSA) is 105 Å². The fourth-order valence-electron chi connectivity index (χ4n) is 3.78. The number of fused-ring (bicyclic) bond motifs is 2. The number of halogens is 2. The monoisotopic (exact) mass is 505 g/mol. The van der Waals surface area contributed by atoms with Gasteiger partial charge in [0.1, 0.15) is 11.6 Å². The predicted molar refractivity (Wildman–Crippen MR) is 134 cm³/mol. The van der Waals surface area contributed by atoms with Crippen molar-refractivity contribution in [3.05, 3.63) is 88.0 Å². The third-order valence-electron chi connectivity index (χ3n) is 5.42. The van der Waals surface area contributed by atoms with E-state index >= 15 is 0 Å². The molecule has 174 valence electrons. The number of hydrogen-bond donors (Lipinski definition) is 2. The zero-order valence-corrected chi connectivity index (χ0v) is 19.6. The Morgan fingerprint density at radius 2 is 1.69 bits per heavy atom. The van der Waals surface area contributed by atoms with E-state index in [0.717, 1.165) is 10.9 Å². The van der Waals surface area contributed by atoms with E-state index in [1.165, 1.54) is 12.1 Å². The van der Waals surface area contributed by atoms with Crippen LogP contribution in [0, 0.1) is 0 Å². The summed E-state index contributed by atoms with van der Waals surface area (Å²) in [5.74, 6) is -0.528. The fraction of sp³-hybridized carbons (Fsp3) is 0.0769. The molecule has 2 heterocycles. The maximum Gasteiger partial charge on any atom is 0.341 e. The van der Waals surface area contributed by atoms with Gasteiger partial charge in [0, 0.05) is 16.6 Å². The largest absolute Gasteiger partial charge is 0.482 e. The van der Waals surface area contributed by atoms with Crippen LogP contribution in [0.2, 0.25) is 10.0 Å². The number of aromatic nitrogens is 3. The SMILES string of the molecule is O=C(O)COc1cc(Cl)c(-c2nc3ccc(C(=O)Cc4ccc5ccccc5n4)cc3[nH]2)c(Cl)c1. The molecule has 0 atom stereocenters. The second-order valence-electron chi connectivity index (χ2n) is 7.86. The molecule has 9 heteroatoms. The zero-order chi connectivity index (χ0) is 24.5. The first-order valence-corrected chi connectivity index (χ1v) is 11.3. The lowest BCUT2D eigenvalue weighted by Crippen LogP contribution is -2.09. The molecule has 5 rings (SSSR count). The lowest BCUT2D eigenvalue weighted by molar-refractivity contribution is -0.139. The molecule has 0 unspecified atom stereocenters. The minimum Gasteiger partial charge on any atom is -0.482 e. The van der Waals surface area contributed by atoms with E-state index in [-0.39, 0.29) is 28.0 Å². The van der Waals surface area contributed by atoms with E-state index in [1.54, 1.807) is 18.2 Å². The van der Waals surface area contributed by atoms with Crippen LogP contribution < -0.4 is 4.74 Å². The van der Waals surface area contributed by atoms with Crippen LogP contribution >= 0.6 is 23.2 Å². The number of benzene rings is 3. The van der Waals surface area contributed by atoms with Crippen LogP contribution in [0.15, 0.2) is 66.7 Å². The van der Waals surface area contributed by atoms with Crippen molar-refractivity contribution in [3.63, 3.8) is 0 Å². The van der Waals surface area contributed by atoms with Crippen molar-refractivity contribution >= 4 is 56.9 Å². The van der Waals surface area contributed by atoms with Crippen LogP contribution in [0.25, 0.3) is 33.3 Å². The molecule has 0 bridgehead atoms. The number of ketones is 1. The summed E-state index contributed by atoms with van der Waals surface area (Å²) in [4.78, 5) is 36.0. The number of carbonyl (C=O) groups is 2. The Morgan fingerprint density at radius 3 is 2.46 bits per heavy atom. The summed E-state index contributed by atoms with van der Waals surface area (Å²) < 4.78 is 5.15. The molecule has 0 aliphatic carbocycles. The van der Waals surface area contributed by atoms with Crippen molar-refractivity contribution in [2.45, 2.75) is 6.42 Å². The van der Waals surface area contributed by atoms with Gasteiger partial charge in [0.05, 0.1) is 38.6 Å². The quantitative estimate of drug-likeness (QED) is 0.264. The van der Waals surface area contributed by atoms with Gasteiger partial charge >= 0.3 is 5.97 Å². The number of carboxylic acids is 1. The van der Waals surface area contributed by atoms with E-state index in [2.05, 4.69) is 15.0 Å². The van der Waals surface area contributed by atoms with Crippen LogP contribution in [-0.2, 0) is 11.2 Å². The lowest BCUT2D eigenvalue weighted by atomic mass is 10.0. The van der Waals surface area contributed by atoms with Gasteiger partial charge in [-0.2, -0.15) is 0 Å². The number of rotatable bonds is 7. The number of H-pyrrole nitrogens is 1. The standard InChI is InChI=1S/C26H17Cl2N3O4/c27-18-11-17(35-13-24(33)34)12-19(28)25(18)26-30-21-8-6-15(9-22(21)31-26)23(32)10-16-7-5-14-3-1-2-4-20(14)29-16/h1-9,11-12H,10,13H2,(H,30,31)(H,33,34). The van der Waals surface area contributed by atoms with Gasteiger partial charge in [0.15, 0.2) is 12.4 Å². The highest BCUT2D eigenvalue weighted by Gasteiger charge is 2.17. The van der Waals surface area contributed by atoms with E-state index < -0.39 is 12.6 Å². The van der Waals surface area contributed by atoms with E-state index in [1.807, 2.05) is 36.4 Å². The molecule has 2 aromatic heterocycles. The highest BCUT2D eigenvalue weighted by Crippen LogP contribution is 2.37. The number of pyridine rings is 1. The Hall–Kier alpha value is -3.94. The second kappa shape index (κ2) is 9.37. The molecule has 0 saturated carbocycles. The van der Waals surface area contributed by atoms with E-state index in [9.17, 15) is 9.59 Å². The summed E-state index contributed by atoms with van der Waals surface area (Å²) in [6, 6.07) is 19.8. The first kappa shape index (κ1) is 22.8. The number of carboxylic acid groups (broad SMARTS) is 1. The van der Waals surface area contributed by atoms with Gasteiger partial charge in [-0.05, 0) is 42.5 Å². The number of imidazole rings is 1. The third kappa shape index (κ3) is 4.82. The van der Waals surface area contributed by atoms with Gasteiger partial charge in [0.2, 0.25) is 0 Å². The Labute approximate surface area is 209 Å². The number of ether oxygens (including phenoxy) is 1. The van der Waals surface area contributed by atoms with Crippen LogP contribution in [0.5, 0.6) is 5.75 Å². The molecule has 5 aromatic rings. The van der Waals surface area contributed by atoms with Gasteiger partial charge in [-0.1, -0.05) is 47.5 Å². The Bertz CT molecular complexity index is 1590. The average molecular weight is 506 g/mol. The fourth-order valence-corrected chi connectivity index (χ4v) is 4.43. The number of carbonyl (C=O) groups excluding carboxylic acids is 1. The summed E-state index contributed by atoms with van der Waals surface area (Å²) in [6.45, 7) is -0.512. The number of aliphatic carboxylic acids is 1. The number of aromatic amines is 1. The van der Waals surface area contributed by atoms with Crippen LogP contribution in [-0.4, -0.2) is 38.4 Å². The van der Waals surface area contributed by atoms with Gasteiger partial charge < -0.3 is 14.8 Å². The Morgan fingerprint density at radius 1 is 0.914 bits per heavy atom. The molecule has 0 spiro atoms. The molecule has 0 aliphatic heterocycles. The van der Waals surface area contributed by atoms with Crippen LogP contribution in [0.4, 0.5) is 0 Å². The molecule has 7 nitrogen and oxygen atoms in total. The minimum absolute atomic E-state index is 0.0678. The van der Waals surface area contributed by atoms with E-state index in [0.29, 0.717) is 33.7 Å². The maximum atomic E-state index is 13.0. The molecule has 0 fully saturated rings. The number of nitrogens with one attached hydrogen (secondary N) is 1. The molecule has 35 heavy (non-hydrogen) atoms. The van der Waals surface area contributed by atoms with Gasteiger partial charge in [-0.3, -0.25) is 9.78 Å². The van der Waals surface area contributed by atoms with E-state index in [4.69, 9.17) is 33.0 Å². The summed E-state index contributed by atoms with van der Waals surface area (Å²) >= 11 is 12.8. The van der Waals surface area contributed by atoms with Crippen molar-refractivity contribution in [1.29, 1.82) is 0 Å². The van der Waals surface area contributed by atoms with Crippen molar-refractivity contribution in [2.75, 3.05) is 6.61 Å². The number of nitrogens with zero attached hydrogens (tertiary/aromatic N) is 2. The average Bonchev–Trinajstić information content (AvgIpc) is 3.25. The summed E-state index contributed by atoms with van der Waals surface area (Å²) in [5, 5.41) is 10.3. The maximum absolute atomic E-state index is 13.0. The zero-order valence-electron chi connectivity index (χ0n) is 18.1. The first-order valence-electron chi connectivity index (χ1n) is 10.6. The molecule has 0 aliphatic rings. The summed E-state index contributed by atoms with van der Waals surface area (Å²) in [5.41, 5.74) is 3.80. The van der Waals surface area contributed by atoms with Crippen molar-refractivity contribution in [3.8, 4) is 17.1 Å². The normalized spacial score (nSPS) is 11.1. The Kier molecular flexibility index (Phi) is 6.11. The van der Waals surface area contributed by atoms with Crippen LogP contribution in [0.3, 0.4) is 0 Å². The second-order valence-corrected chi connectivity index (χ2v) is 8.67. The first-order chi connectivity index (χ1) is 16.9. The number of hydrogen-bond acceptors (Lipinski definition) is 5. The molecule has 0 saturated heterocycles. The van der Waals surface area contributed by atoms with Gasteiger partial charge in [-0.15, -0.1) is 0 Å². The highest BCUT2D eigenvalue weighted by molar-refractivity contribution is 6.39. The lowest BCUT2D eigenvalue weighted by Gasteiger charge is -2.08. The van der Waals surface area contributed by atoms with Gasteiger partial charge in [-0.25, -0.2) is 9.78 Å². The van der Waals surface area contributed by atoms with Crippen molar-refractivity contribution in [1.82, 2.24) is 15.0 Å². The highest BCUT2D eigenvalue weighted by atomic mass is 35.5. The van der Waals surface area contributed by atoms with Crippen molar-refractivity contribution < 1.29 is 19.4 Å². The predicted octanol–water partition coefficient (Wildman–Crippen LogP) is 5.97. The van der Waals surface area contributed by atoms with Crippen LogP contribution in [0.1, 0.15) is 16.1 Å². The molecule has 0 amide bonds. The van der Waals surface area contributed by atoms with Crippen molar-refractivity contribution in [2.24, 2.45) is 0 Å². The molecular weight excluding hydrogens is 489 g/mol. The smallest absolute Gasteiger partial charge is 0.341 e. The molecule has 2 N–H and O–H groups in total. The summed E-state index contributed by atoms with van der Waals surface area (Å²) in [7, 11) is 0. The molecule has 3 aromatic carbocycles. The third-order valence-corrected chi connectivity index (χ3v) is 6.01. The molecule has 0 radical (unpaired) electrons. The molecular formula is C26H17Cl2N3O4.